The number of hydrogen-bond acceptors (Lipinski definition) is 5. The SMILES string of the molecule is COc1ccc(/C(O)=C2/C(=O)C(=O)N(c3cccc(OC(F)(F)F)c3)C2c2cccc(C)c2)cc1C(C)C. The monoisotopic (exact) mass is 525 g/mol. The molecule has 0 aliphatic carbocycles. The van der Waals surface area contributed by atoms with Gasteiger partial charge in [-0.25, -0.2) is 0 Å². The fourth-order valence-corrected chi connectivity index (χ4v) is 4.57. The molecule has 1 aliphatic rings. The zero-order valence-electron chi connectivity index (χ0n) is 21.2. The largest absolute Gasteiger partial charge is 0.573 e. The van der Waals surface area contributed by atoms with E-state index in [4.69, 9.17) is 4.74 Å². The predicted molar refractivity (Wildman–Crippen MR) is 136 cm³/mol. The predicted octanol–water partition coefficient (Wildman–Crippen LogP) is 6.65. The van der Waals surface area contributed by atoms with Gasteiger partial charge in [-0.1, -0.05) is 49.7 Å². The Hall–Kier alpha value is -4.27. The second kappa shape index (κ2) is 10.2. The molecule has 1 atom stereocenters. The van der Waals surface area contributed by atoms with Crippen LogP contribution in [0.2, 0.25) is 0 Å². The minimum absolute atomic E-state index is 0.0111. The first-order chi connectivity index (χ1) is 17.9. The van der Waals surface area contributed by atoms with Crippen molar-refractivity contribution in [2.75, 3.05) is 12.0 Å². The quantitative estimate of drug-likeness (QED) is 0.222. The van der Waals surface area contributed by atoms with Crippen molar-refractivity contribution in [2.24, 2.45) is 0 Å². The summed E-state index contributed by atoms with van der Waals surface area (Å²) in [4.78, 5) is 27.8. The van der Waals surface area contributed by atoms with Crippen molar-refractivity contribution >= 4 is 23.1 Å². The molecule has 1 heterocycles. The lowest BCUT2D eigenvalue weighted by molar-refractivity contribution is -0.274. The summed E-state index contributed by atoms with van der Waals surface area (Å²) in [5.74, 6) is -2.25. The van der Waals surface area contributed by atoms with Crippen LogP contribution in [0.4, 0.5) is 18.9 Å². The second-order valence-corrected chi connectivity index (χ2v) is 9.24. The van der Waals surface area contributed by atoms with E-state index in [0.29, 0.717) is 16.9 Å². The number of carbonyl (C=O) groups excluding carboxylic acids is 2. The lowest BCUT2D eigenvalue weighted by Crippen LogP contribution is -2.29. The number of benzene rings is 3. The van der Waals surface area contributed by atoms with Crippen LogP contribution in [0, 0.1) is 6.92 Å². The average molecular weight is 526 g/mol. The van der Waals surface area contributed by atoms with Gasteiger partial charge in [0.1, 0.15) is 17.3 Å². The molecule has 1 aliphatic heterocycles. The molecule has 198 valence electrons. The summed E-state index contributed by atoms with van der Waals surface area (Å²) in [5, 5.41) is 11.4. The Kier molecular flexibility index (Phi) is 7.22. The van der Waals surface area contributed by atoms with E-state index in [0.717, 1.165) is 28.2 Å². The molecule has 1 saturated heterocycles. The minimum Gasteiger partial charge on any atom is -0.507 e. The van der Waals surface area contributed by atoms with Gasteiger partial charge in [-0.3, -0.25) is 14.5 Å². The van der Waals surface area contributed by atoms with E-state index >= 15 is 0 Å². The lowest BCUT2D eigenvalue weighted by Gasteiger charge is -2.26. The number of nitrogens with zero attached hydrogens (tertiary/aromatic N) is 1. The van der Waals surface area contributed by atoms with Gasteiger partial charge in [-0.05, 0) is 54.3 Å². The maximum Gasteiger partial charge on any atom is 0.573 e. The van der Waals surface area contributed by atoms with Crippen molar-refractivity contribution in [1.29, 1.82) is 0 Å². The molecule has 38 heavy (non-hydrogen) atoms. The van der Waals surface area contributed by atoms with Crippen LogP contribution in [0.5, 0.6) is 11.5 Å². The van der Waals surface area contributed by atoms with E-state index in [1.165, 1.54) is 19.2 Å². The summed E-state index contributed by atoms with van der Waals surface area (Å²) in [7, 11) is 1.53. The number of amides is 1. The standard InChI is InChI=1S/C29H26F3NO5/c1-16(2)22-14-19(11-12-23(22)37-4)26(34)24-25(18-8-5-7-17(3)13-18)33(28(36)27(24)35)20-9-6-10-21(15-20)38-29(30,31)32/h5-16,25,34H,1-4H3/b26-24-. The van der Waals surface area contributed by atoms with E-state index in [9.17, 15) is 27.9 Å². The first-order valence-electron chi connectivity index (χ1n) is 11.8. The van der Waals surface area contributed by atoms with Gasteiger partial charge >= 0.3 is 6.36 Å². The fraction of sp³-hybridized carbons (Fsp3) is 0.241. The minimum atomic E-state index is -4.94. The van der Waals surface area contributed by atoms with Gasteiger partial charge in [-0.2, -0.15) is 0 Å². The highest BCUT2D eigenvalue weighted by atomic mass is 19.4. The number of aryl methyl sites for hydroxylation is 1. The van der Waals surface area contributed by atoms with Crippen LogP contribution in [0.15, 0.2) is 72.3 Å². The van der Waals surface area contributed by atoms with Gasteiger partial charge in [0.25, 0.3) is 11.7 Å². The summed E-state index contributed by atoms with van der Waals surface area (Å²) < 4.78 is 48.0. The van der Waals surface area contributed by atoms with E-state index in [-0.39, 0.29) is 17.2 Å². The summed E-state index contributed by atoms with van der Waals surface area (Å²) >= 11 is 0. The maximum absolute atomic E-state index is 13.4. The highest BCUT2D eigenvalue weighted by Crippen LogP contribution is 2.44. The van der Waals surface area contributed by atoms with E-state index in [1.54, 1.807) is 36.4 Å². The summed E-state index contributed by atoms with van der Waals surface area (Å²) in [6.07, 6.45) is -4.94. The molecule has 0 bridgehead atoms. The number of methoxy groups -OCH3 is 1. The molecule has 0 spiro atoms. The highest BCUT2D eigenvalue weighted by Gasteiger charge is 2.47. The van der Waals surface area contributed by atoms with Crippen molar-refractivity contribution in [1.82, 2.24) is 0 Å². The number of anilines is 1. The van der Waals surface area contributed by atoms with Crippen LogP contribution in [0.1, 0.15) is 48.1 Å². The van der Waals surface area contributed by atoms with Gasteiger partial charge < -0.3 is 14.6 Å². The first kappa shape index (κ1) is 26.8. The van der Waals surface area contributed by atoms with Crippen LogP contribution in [-0.2, 0) is 9.59 Å². The molecule has 0 aromatic heterocycles. The molecule has 1 amide bonds. The Bertz CT molecular complexity index is 1430. The van der Waals surface area contributed by atoms with Crippen LogP contribution in [0.25, 0.3) is 5.76 Å². The number of hydrogen-bond donors (Lipinski definition) is 1. The topological polar surface area (TPSA) is 76.1 Å². The van der Waals surface area contributed by atoms with E-state index in [2.05, 4.69) is 4.74 Å². The molecule has 0 radical (unpaired) electrons. The first-order valence-corrected chi connectivity index (χ1v) is 11.8. The van der Waals surface area contributed by atoms with Gasteiger partial charge in [0.2, 0.25) is 0 Å². The number of alkyl halides is 3. The molecule has 3 aromatic carbocycles. The third-order valence-electron chi connectivity index (χ3n) is 6.26. The Labute approximate surface area is 217 Å². The number of aliphatic hydroxyl groups excluding tert-OH is 1. The average Bonchev–Trinajstić information content (AvgIpc) is 3.12. The number of rotatable bonds is 6. The third-order valence-corrected chi connectivity index (χ3v) is 6.26. The van der Waals surface area contributed by atoms with Crippen molar-refractivity contribution < 1.29 is 37.3 Å². The molecule has 1 N–H and O–H groups in total. The normalized spacial score (nSPS) is 17.3. The van der Waals surface area contributed by atoms with Crippen molar-refractivity contribution in [3.8, 4) is 11.5 Å². The van der Waals surface area contributed by atoms with Crippen LogP contribution < -0.4 is 14.4 Å². The Morgan fingerprint density at radius 2 is 1.71 bits per heavy atom. The smallest absolute Gasteiger partial charge is 0.507 e. The highest BCUT2D eigenvalue weighted by molar-refractivity contribution is 6.51. The van der Waals surface area contributed by atoms with Crippen LogP contribution >= 0.6 is 0 Å². The molecule has 0 saturated carbocycles. The maximum atomic E-state index is 13.4. The summed E-state index contributed by atoms with van der Waals surface area (Å²) in [6.45, 7) is 5.72. The molecular formula is C29H26F3NO5. The number of halogens is 3. The lowest BCUT2D eigenvalue weighted by atomic mass is 9.92. The summed E-state index contributed by atoms with van der Waals surface area (Å²) in [5.41, 5.74) is 2.26. The van der Waals surface area contributed by atoms with Crippen molar-refractivity contribution in [3.05, 3.63) is 94.6 Å². The van der Waals surface area contributed by atoms with Crippen molar-refractivity contribution in [3.63, 3.8) is 0 Å². The molecule has 9 heteroatoms. The van der Waals surface area contributed by atoms with Gasteiger partial charge in [0.05, 0.1) is 18.7 Å². The number of Topliss-reactive ketones (excluding diaryl/α,β-unsaturated/α-hetero) is 1. The summed E-state index contributed by atoms with van der Waals surface area (Å²) in [6, 6.07) is 15.7. The second-order valence-electron chi connectivity index (χ2n) is 9.24. The number of ether oxygens (including phenoxy) is 2. The third kappa shape index (κ3) is 5.22. The Morgan fingerprint density at radius 1 is 1.00 bits per heavy atom. The fourth-order valence-electron chi connectivity index (χ4n) is 4.57. The zero-order chi connectivity index (χ0) is 27.8. The van der Waals surface area contributed by atoms with Gasteiger partial charge in [-0.15, -0.1) is 13.2 Å². The van der Waals surface area contributed by atoms with Crippen LogP contribution in [0.3, 0.4) is 0 Å². The van der Waals surface area contributed by atoms with Gasteiger partial charge in [0, 0.05) is 17.3 Å². The number of ketones is 1. The molecule has 6 nitrogen and oxygen atoms in total. The molecule has 1 unspecified atom stereocenters. The number of carbonyl (C=O) groups is 2. The zero-order valence-corrected chi connectivity index (χ0v) is 21.2. The van der Waals surface area contributed by atoms with E-state index in [1.807, 2.05) is 26.8 Å². The van der Waals surface area contributed by atoms with Gasteiger partial charge in [0.15, 0.2) is 0 Å². The Morgan fingerprint density at radius 3 is 2.34 bits per heavy atom. The van der Waals surface area contributed by atoms with E-state index < -0.39 is 35.6 Å². The molecule has 4 rings (SSSR count). The van der Waals surface area contributed by atoms with Crippen molar-refractivity contribution in [2.45, 2.75) is 39.1 Å². The molecule has 1 fully saturated rings. The Balaban J connectivity index is 1.93. The van der Waals surface area contributed by atoms with Crippen LogP contribution in [-0.4, -0.2) is 30.3 Å². The number of aliphatic hydroxyl groups is 1. The molecular weight excluding hydrogens is 499 g/mol. The molecule has 3 aromatic rings.